The van der Waals surface area contributed by atoms with Crippen molar-refractivity contribution in [3.8, 4) is 0 Å². The average molecular weight is 233 g/mol. The van der Waals surface area contributed by atoms with Gasteiger partial charge in [-0.3, -0.25) is 4.79 Å². The second-order valence-corrected chi connectivity index (χ2v) is 10.1. The summed E-state index contributed by atoms with van der Waals surface area (Å²) in [5.41, 5.74) is 0. The molecule has 0 aliphatic rings. The summed E-state index contributed by atoms with van der Waals surface area (Å²) < 4.78 is 2.57. The van der Waals surface area contributed by atoms with E-state index >= 15 is 0 Å². The quantitative estimate of drug-likeness (QED) is 0.414. The van der Waals surface area contributed by atoms with Crippen molar-refractivity contribution in [1.29, 1.82) is 0 Å². The van der Waals surface area contributed by atoms with E-state index in [0.717, 1.165) is 25.9 Å². The van der Waals surface area contributed by atoms with Crippen LogP contribution in [0.25, 0.3) is 0 Å². The molecule has 0 atom stereocenters. The molecule has 0 saturated carbocycles. The standard InChI is InChI=1S/C10H23NOSSi/c1-5-11(14(2,3)4)9-7-6-8-10(12)13/h5-9H2,1-4H3,(H,12,13). The van der Waals surface area contributed by atoms with Crippen LogP contribution in [0, 0.1) is 0 Å². The first-order chi connectivity index (χ1) is 6.38. The van der Waals surface area contributed by atoms with Gasteiger partial charge in [0.05, 0.1) is 0 Å². The first-order valence-electron chi connectivity index (χ1n) is 5.34. The summed E-state index contributed by atoms with van der Waals surface area (Å²) >= 11 is 3.76. The van der Waals surface area contributed by atoms with Crippen molar-refractivity contribution in [1.82, 2.24) is 4.57 Å². The minimum Gasteiger partial charge on any atom is -0.324 e. The van der Waals surface area contributed by atoms with Gasteiger partial charge in [-0.1, -0.05) is 26.6 Å². The van der Waals surface area contributed by atoms with E-state index < -0.39 is 8.24 Å². The monoisotopic (exact) mass is 233 g/mol. The van der Waals surface area contributed by atoms with Gasteiger partial charge < -0.3 is 4.57 Å². The Morgan fingerprint density at radius 2 is 1.86 bits per heavy atom. The maximum atomic E-state index is 10.6. The minimum absolute atomic E-state index is 0.0149. The van der Waals surface area contributed by atoms with E-state index in [-0.39, 0.29) is 5.12 Å². The highest BCUT2D eigenvalue weighted by molar-refractivity contribution is 7.96. The largest absolute Gasteiger partial charge is 0.324 e. The second-order valence-electron chi connectivity index (χ2n) is 4.60. The zero-order chi connectivity index (χ0) is 11.2. The van der Waals surface area contributed by atoms with Crippen molar-refractivity contribution in [2.24, 2.45) is 0 Å². The van der Waals surface area contributed by atoms with Gasteiger partial charge in [0, 0.05) is 6.42 Å². The third kappa shape index (κ3) is 6.62. The van der Waals surface area contributed by atoms with Gasteiger partial charge in [-0.15, -0.1) is 12.6 Å². The number of unbranched alkanes of at least 4 members (excludes halogenated alkanes) is 1. The SMILES string of the molecule is CCN(CCCCC(=O)S)[Si](C)(C)C. The van der Waals surface area contributed by atoms with Gasteiger partial charge in [-0.2, -0.15) is 0 Å². The van der Waals surface area contributed by atoms with E-state index in [1.165, 1.54) is 0 Å². The Bertz CT molecular complexity index is 179. The van der Waals surface area contributed by atoms with Gasteiger partial charge in [0.25, 0.3) is 0 Å². The Hall–Kier alpha value is 0.197. The predicted molar refractivity (Wildman–Crippen MR) is 68.4 cm³/mol. The van der Waals surface area contributed by atoms with Crippen LogP contribution in [0.5, 0.6) is 0 Å². The third-order valence-electron chi connectivity index (χ3n) is 2.40. The normalized spacial score (nSPS) is 12.1. The van der Waals surface area contributed by atoms with Crippen molar-refractivity contribution < 1.29 is 4.79 Å². The third-order valence-corrected chi connectivity index (χ3v) is 5.06. The zero-order valence-electron chi connectivity index (χ0n) is 9.84. The van der Waals surface area contributed by atoms with Gasteiger partial charge >= 0.3 is 0 Å². The van der Waals surface area contributed by atoms with E-state index in [2.05, 4.69) is 43.8 Å². The Balaban J connectivity index is 3.69. The number of carbonyl (C=O) groups is 1. The molecular weight excluding hydrogens is 210 g/mol. The van der Waals surface area contributed by atoms with Gasteiger partial charge in [0.2, 0.25) is 0 Å². The molecule has 0 spiro atoms. The molecule has 0 radical (unpaired) electrons. The molecule has 0 heterocycles. The van der Waals surface area contributed by atoms with E-state index in [1.54, 1.807) is 0 Å². The summed E-state index contributed by atoms with van der Waals surface area (Å²) in [5, 5.41) is 0.0149. The van der Waals surface area contributed by atoms with Crippen molar-refractivity contribution in [3.05, 3.63) is 0 Å². The first-order valence-corrected chi connectivity index (χ1v) is 9.24. The molecule has 0 aromatic carbocycles. The molecule has 14 heavy (non-hydrogen) atoms. The molecule has 4 heteroatoms. The molecule has 0 unspecified atom stereocenters. The van der Waals surface area contributed by atoms with Crippen LogP contribution in [-0.4, -0.2) is 31.0 Å². The van der Waals surface area contributed by atoms with E-state index in [9.17, 15) is 4.79 Å². The summed E-state index contributed by atoms with van der Waals surface area (Å²) in [6.07, 6.45) is 2.71. The van der Waals surface area contributed by atoms with Gasteiger partial charge in [-0.25, -0.2) is 0 Å². The van der Waals surface area contributed by atoms with Gasteiger partial charge in [0.15, 0.2) is 5.12 Å². The molecule has 0 saturated heterocycles. The fraction of sp³-hybridized carbons (Fsp3) is 0.900. The lowest BCUT2D eigenvalue weighted by Crippen LogP contribution is -2.46. The van der Waals surface area contributed by atoms with Crippen LogP contribution < -0.4 is 0 Å². The molecule has 0 fully saturated rings. The number of thiol groups is 1. The Labute approximate surface area is 94.6 Å². The number of hydrogen-bond acceptors (Lipinski definition) is 2. The van der Waals surface area contributed by atoms with Crippen LogP contribution in [0.3, 0.4) is 0 Å². The maximum Gasteiger partial charge on any atom is 0.185 e. The molecular formula is C10H23NOSSi. The molecule has 0 N–H and O–H groups in total. The summed E-state index contributed by atoms with van der Waals surface area (Å²) in [6.45, 7) is 11.6. The maximum absolute atomic E-state index is 10.6. The van der Waals surface area contributed by atoms with E-state index in [1.807, 2.05) is 0 Å². The fourth-order valence-electron chi connectivity index (χ4n) is 1.55. The van der Waals surface area contributed by atoms with Crippen LogP contribution in [0.1, 0.15) is 26.2 Å². The van der Waals surface area contributed by atoms with Crippen molar-refractivity contribution in [2.45, 2.75) is 45.8 Å². The number of rotatable bonds is 7. The molecule has 0 aliphatic heterocycles. The van der Waals surface area contributed by atoms with Crippen LogP contribution in [0.15, 0.2) is 0 Å². The molecule has 0 aliphatic carbocycles. The molecule has 84 valence electrons. The highest BCUT2D eigenvalue weighted by atomic mass is 32.1. The summed E-state index contributed by atoms with van der Waals surface area (Å²) in [5.74, 6) is 0. The topological polar surface area (TPSA) is 20.3 Å². The second kappa shape index (κ2) is 6.64. The molecule has 0 aromatic heterocycles. The van der Waals surface area contributed by atoms with Gasteiger partial charge in [-0.05, 0) is 25.9 Å². The number of carbonyl (C=O) groups excluding carboxylic acids is 1. The highest BCUT2D eigenvalue weighted by Crippen LogP contribution is 2.10. The van der Waals surface area contributed by atoms with Crippen LogP contribution in [-0.2, 0) is 4.79 Å². The average Bonchev–Trinajstić information content (AvgIpc) is 2.01. The summed E-state index contributed by atoms with van der Waals surface area (Å²) in [4.78, 5) is 10.6. The smallest absolute Gasteiger partial charge is 0.185 e. The number of hydrogen-bond donors (Lipinski definition) is 1. The van der Waals surface area contributed by atoms with Crippen molar-refractivity contribution >= 4 is 26.0 Å². The highest BCUT2D eigenvalue weighted by Gasteiger charge is 2.21. The number of nitrogens with zero attached hydrogens (tertiary/aromatic N) is 1. The Morgan fingerprint density at radius 3 is 2.21 bits per heavy atom. The van der Waals surface area contributed by atoms with Gasteiger partial charge in [0.1, 0.15) is 8.24 Å². The molecule has 0 rings (SSSR count). The van der Waals surface area contributed by atoms with E-state index in [4.69, 9.17) is 0 Å². The summed E-state index contributed by atoms with van der Waals surface area (Å²) in [7, 11) is -1.13. The zero-order valence-corrected chi connectivity index (χ0v) is 11.7. The van der Waals surface area contributed by atoms with Crippen LogP contribution in [0.4, 0.5) is 0 Å². The van der Waals surface area contributed by atoms with Crippen molar-refractivity contribution in [3.63, 3.8) is 0 Å². The fourth-order valence-corrected chi connectivity index (χ4v) is 3.48. The minimum atomic E-state index is -1.13. The van der Waals surface area contributed by atoms with E-state index in [0.29, 0.717) is 6.42 Å². The predicted octanol–water partition coefficient (Wildman–Crippen LogP) is 2.77. The van der Waals surface area contributed by atoms with Crippen molar-refractivity contribution in [2.75, 3.05) is 13.1 Å². The molecule has 2 nitrogen and oxygen atoms in total. The first kappa shape index (κ1) is 14.2. The van der Waals surface area contributed by atoms with Crippen LogP contribution in [0.2, 0.25) is 19.6 Å². The molecule has 0 bridgehead atoms. The lowest BCUT2D eigenvalue weighted by molar-refractivity contribution is -0.110. The van der Waals surface area contributed by atoms with Crippen LogP contribution >= 0.6 is 12.6 Å². The summed E-state index contributed by atoms with van der Waals surface area (Å²) in [6, 6.07) is 0. The molecule has 0 aromatic rings. The Kier molecular flexibility index (Phi) is 6.73. The lowest BCUT2D eigenvalue weighted by atomic mass is 10.2. The Morgan fingerprint density at radius 1 is 1.29 bits per heavy atom. The lowest BCUT2D eigenvalue weighted by Gasteiger charge is -2.32. The molecule has 0 amide bonds.